The number of nitrogens with one attached hydrogen (secondary N) is 2. The SMILES string of the molecule is C[C@H](NC(=O)COc1ccc(/C=N\NC(=O)CN(c2ccc(Cl)c(Cl)c2)S(=O)(=O)c2ccccc2)cc1)c1ccccc1. The van der Waals surface area contributed by atoms with Gasteiger partial charge in [0.05, 0.1) is 32.9 Å². The van der Waals surface area contributed by atoms with E-state index in [1.54, 1.807) is 42.5 Å². The Morgan fingerprint density at radius 2 is 1.53 bits per heavy atom. The monoisotopic (exact) mass is 638 g/mol. The van der Waals surface area contributed by atoms with E-state index in [-0.39, 0.29) is 39.2 Å². The highest BCUT2D eigenvalue weighted by Gasteiger charge is 2.27. The predicted octanol–water partition coefficient (Wildman–Crippen LogP) is 5.60. The summed E-state index contributed by atoms with van der Waals surface area (Å²) in [5.41, 5.74) is 4.14. The lowest BCUT2D eigenvalue weighted by molar-refractivity contribution is -0.123. The van der Waals surface area contributed by atoms with Crippen LogP contribution >= 0.6 is 23.2 Å². The number of carbonyl (C=O) groups excluding carboxylic acids is 2. The number of carbonyl (C=O) groups is 2. The van der Waals surface area contributed by atoms with Gasteiger partial charge in [-0.1, -0.05) is 71.7 Å². The van der Waals surface area contributed by atoms with E-state index in [0.717, 1.165) is 9.87 Å². The molecule has 9 nitrogen and oxygen atoms in total. The molecule has 1 atom stereocenters. The Morgan fingerprint density at radius 3 is 2.19 bits per heavy atom. The number of ether oxygens (including phenoxy) is 1. The van der Waals surface area contributed by atoms with Gasteiger partial charge in [0.2, 0.25) is 0 Å². The molecule has 2 amide bonds. The van der Waals surface area contributed by atoms with Crippen molar-refractivity contribution in [1.82, 2.24) is 10.7 Å². The highest BCUT2D eigenvalue weighted by atomic mass is 35.5. The molecule has 0 heterocycles. The van der Waals surface area contributed by atoms with E-state index in [9.17, 15) is 18.0 Å². The second-order valence-electron chi connectivity index (χ2n) is 9.27. The van der Waals surface area contributed by atoms with Crippen LogP contribution in [-0.2, 0) is 19.6 Å². The highest BCUT2D eigenvalue weighted by Crippen LogP contribution is 2.30. The van der Waals surface area contributed by atoms with Crippen LogP contribution in [0.25, 0.3) is 0 Å². The third-order valence-electron chi connectivity index (χ3n) is 6.14. The van der Waals surface area contributed by atoms with Gasteiger partial charge in [-0.2, -0.15) is 5.10 Å². The first kappa shape index (κ1) is 31.6. The Morgan fingerprint density at radius 1 is 0.884 bits per heavy atom. The fourth-order valence-electron chi connectivity index (χ4n) is 3.93. The summed E-state index contributed by atoms with van der Waals surface area (Å²) in [4.78, 5) is 25.0. The maximum atomic E-state index is 13.4. The van der Waals surface area contributed by atoms with Gasteiger partial charge in [-0.05, 0) is 72.6 Å². The van der Waals surface area contributed by atoms with Gasteiger partial charge in [-0.3, -0.25) is 13.9 Å². The Balaban J connectivity index is 1.34. The van der Waals surface area contributed by atoms with E-state index in [0.29, 0.717) is 11.3 Å². The summed E-state index contributed by atoms with van der Waals surface area (Å²) >= 11 is 12.1. The van der Waals surface area contributed by atoms with Gasteiger partial charge >= 0.3 is 0 Å². The number of halogens is 2. The van der Waals surface area contributed by atoms with E-state index < -0.39 is 22.5 Å². The smallest absolute Gasteiger partial charge is 0.264 e. The van der Waals surface area contributed by atoms with Crippen molar-refractivity contribution < 1.29 is 22.7 Å². The average Bonchev–Trinajstić information content (AvgIpc) is 3.01. The van der Waals surface area contributed by atoms with Crippen molar-refractivity contribution in [2.24, 2.45) is 5.10 Å². The molecule has 0 saturated carbocycles. The minimum Gasteiger partial charge on any atom is -0.484 e. The van der Waals surface area contributed by atoms with Gasteiger partial charge in [0.15, 0.2) is 6.61 Å². The van der Waals surface area contributed by atoms with Crippen LogP contribution in [0.2, 0.25) is 10.0 Å². The van der Waals surface area contributed by atoms with Gasteiger partial charge in [-0.25, -0.2) is 13.8 Å². The lowest BCUT2D eigenvalue weighted by Crippen LogP contribution is -2.39. The van der Waals surface area contributed by atoms with Crippen molar-refractivity contribution in [2.45, 2.75) is 17.9 Å². The third kappa shape index (κ3) is 8.81. The first-order chi connectivity index (χ1) is 20.6. The molecule has 4 rings (SSSR count). The van der Waals surface area contributed by atoms with Gasteiger partial charge in [0, 0.05) is 0 Å². The quantitative estimate of drug-likeness (QED) is 0.155. The predicted molar refractivity (Wildman–Crippen MR) is 168 cm³/mol. The number of rotatable bonds is 12. The molecule has 0 aliphatic carbocycles. The molecular formula is C31H28Cl2N4O5S. The molecule has 4 aromatic carbocycles. The number of hydrogen-bond acceptors (Lipinski definition) is 6. The summed E-state index contributed by atoms with van der Waals surface area (Å²) in [6.45, 7) is 1.18. The first-order valence-corrected chi connectivity index (χ1v) is 15.2. The Labute approximate surface area is 260 Å². The molecule has 0 spiro atoms. The highest BCUT2D eigenvalue weighted by molar-refractivity contribution is 7.92. The van der Waals surface area contributed by atoms with E-state index in [1.165, 1.54) is 36.5 Å². The van der Waals surface area contributed by atoms with Crippen molar-refractivity contribution in [2.75, 3.05) is 17.5 Å². The Bertz CT molecular complexity index is 1690. The normalized spacial score (nSPS) is 12.0. The lowest BCUT2D eigenvalue weighted by atomic mass is 10.1. The van der Waals surface area contributed by atoms with Gasteiger partial charge in [-0.15, -0.1) is 0 Å². The molecule has 0 fully saturated rings. The zero-order chi connectivity index (χ0) is 30.8. The molecule has 0 aromatic heterocycles. The summed E-state index contributed by atoms with van der Waals surface area (Å²) in [6.07, 6.45) is 1.39. The van der Waals surface area contributed by atoms with Crippen LogP contribution in [0.15, 0.2) is 113 Å². The minimum atomic E-state index is -4.12. The van der Waals surface area contributed by atoms with Crippen LogP contribution in [-0.4, -0.2) is 39.6 Å². The summed E-state index contributed by atoms with van der Waals surface area (Å²) in [7, 11) is -4.12. The molecule has 0 aliphatic rings. The first-order valence-electron chi connectivity index (χ1n) is 13.1. The molecule has 222 valence electrons. The molecule has 4 aromatic rings. The van der Waals surface area contributed by atoms with E-state index in [4.69, 9.17) is 27.9 Å². The maximum absolute atomic E-state index is 13.4. The summed E-state index contributed by atoms with van der Waals surface area (Å²) in [5.74, 6) is -0.460. The lowest BCUT2D eigenvalue weighted by Gasteiger charge is -2.24. The van der Waals surface area contributed by atoms with Crippen molar-refractivity contribution in [1.29, 1.82) is 0 Å². The molecule has 0 saturated heterocycles. The number of hydrazone groups is 1. The molecular weight excluding hydrogens is 611 g/mol. The zero-order valence-electron chi connectivity index (χ0n) is 23.0. The van der Waals surface area contributed by atoms with Crippen molar-refractivity contribution in [3.8, 4) is 5.75 Å². The van der Waals surface area contributed by atoms with Crippen molar-refractivity contribution >= 4 is 56.9 Å². The molecule has 0 radical (unpaired) electrons. The van der Waals surface area contributed by atoms with Crippen LogP contribution < -0.4 is 19.8 Å². The van der Waals surface area contributed by atoms with E-state index >= 15 is 0 Å². The number of benzene rings is 4. The van der Waals surface area contributed by atoms with Gasteiger partial charge in [0.25, 0.3) is 21.8 Å². The number of anilines is 1. The largest absolute Gasteiger partial charge is 0.484 e. The number of nitrogens with zero attached hydrogens (tertiary/aromatic N) is 2. The Hall–Kier alpha value is -4.38. The van der Waals surface area contributed by atoms with E-state index in [1.807, 2.05) is 37.3 Å². The van der Waals surface area contributed by atoms with Crippen LogP contribution in [0.5, 0.6) is 5.75 Å². The minimum absolute atomic E-state index is 0.00266. The third-order valence-corrected chi connectivity index (χ3v) is 8.67. The number of sulfonamides is 1. The number of amides is 2. The number of hydrogen-bond donors (Lipinski definition) is 2. The van der Waals surface area contributed by atoms with Crippen LogP contribution in [0, 0.1) is 0 Å². The zero-order valence-corrected chi connectivity index (χ0v) is 25.3. The topological polar surface area (TPSA) is 117 Å². The van der Waals surface area contributed by atoms with Crippen LogP contribution in [0.4, 0.5) is 5.69 Å². The molecule has 12 heteroatoms. The molecule has 43 heavy (non-hydrogen) atoms. The molecule has 0 aliphatic heterocycles. The molecule has 2 N–H and O–H groups in total. The van der Waals surface area contributed by atoms with Gasteiger partial charge < -0.3 is 10.1 Å². The standard InChI is InChI=1S/C31H28Cl2N4O5S/c1-22(24-8-4-2-5-9-24)35-31(39)21-42-26-15-12-23(13-16-26)19-34-36-30(38)20-37(25-14-17-28(32)29(33)18-25)43(40,41)27-10-6-3-7-11-27/h2-19,22H,20-21H2,1H3,(H,35,39)(H,36,38)/b34-19-/t22-/m0/s1. The maximum Gasteiger partial charge on any atom is 0.264 e. The second-order valence-corrected chi connectivity index (χ2v) is 12.0. The average molecular weight is 640 g/mol. The van der Waals surface area contributed by atoms with Gasteiger partial charge in [0.1, 0.15) is 12.3 Å². The Kier molecular flexibility index (Phi) is 10.8. The summed E-state index contributed by atoms with van der Waals surface area (Å²) < 4.78 is 33.3. The summed E-state index contributed by atoms with van der Waals surface area (Å²) in [6, 6.07) is 28.2. The second kappa shape index (κ2) is 14.7. The molecule has 0 unspecified atom stereocenters. The fourth-order valence-corrected chi connectivity index (χ4v) is 5.65. The van der Waals surface area contributed by atoms with Crippen molar-refractivity contribution in [3.05, 3.63) is 124 Å². The molecule has 0 bridgehead atoms. The van der Waals surface area contributed by atoms with Crippen LogP contribution in [0.1, 0.15) is 24.1 Å². The fraction of sp³-hybridized carbons (Fsp3) is 0.129. The van der Waals surface area contributed by atoms with Crippen molar-refractivity contribution in [3.63, 3.8) is 0 Å². The van der Waals surface area contributed by atoms with E-state index in [2.05, 4.69) is 15.8 Å². The summed E-state index contributed by atoms with van der Waals surface area (Å²) in [5, 5.41) is 7.21. The van der Waals surface area contributed by atoms with Crippen LogP contribution in [0.3, 0.4) is 0 Å².